The van der Waals surface area contributed by atoms with Gasteiger partial charge < -0.3 is 190 Å². The molecule has 7 rings (SSSR count). The van der Waals surface area contributed by atoms with Crippen LogP contribution in [0.2, 0.25) is 0 Å². The van der Waals surface area contributed by atoms with E-state index in [2.05, 4.69) is 21.3 Å². The van der Waals surface area contributed by atoms with Gasteiger partial charge in [0.05, 0.1) is 58.4 Å². The molecule has 0 radical (unpaired) electrons. The topological polar surface area (TPSA) is 678 Å². The second-order valence-electron chi connectivity index (χ2n) is 24.0. The Bertz CT molecular complexity index is 2540. The molecule has 7 aliphatic rings. The molecule has 0 saturated carbocycles. The molecule has 7 fully saturated rings. The Hall–Kier alpha value is -3.97. The smallest absolute Gasteiger partial charge is 0.364 e. The standard InChI is InChI=1S/C53H88N4O39/c1-13(64)54-25-17(68)5-53(52(82)83,95-43(25)29(70)18(69)6-58)96-45-32(73)21(9-61)88-51(39(45)80)92-40-22(10-62)89-47(26(34(40)75)55-14(2)65)84-12-24-33(74)42(28(46(81)85-24)57-16(4)67)93-50-38(79)44(31(72)20(8-60)87-50)94-48-27(56-15(3)66)35(76)41(23(11-63)90-48)91-49-37(78)36(77)30(71)19(7-59)86-49/h17-51,58-63,68-81H,5-12H2,1-4H3,(H,54,64)(H,55,65)(H,56,66)(H,57,67)(H,82,83)/t17-,18+,19+,20+,21+,22+,23+,24+,25+,26+,27+,28+,29+,30-,31-,32-,33-,34+,35+,36-,37+,38+,39+,40+,41+,42+,43+,44-,45-,46-,47+,48-,49-,50-,51-,53-/m0/s1. The number of amides is 4. The molecule has 0 aromatic carbocycles. The number of carboxylic acids is 1. The van der Waals surface area contributed by atoms with Crippen molar-refractivity contribution in [3.05, 3.63) is 0 Å². The van der Waals surface area contributed by atoms with Crippen molar-refractivity contribution in [2.24, 2.45) is 0 Å². The average Bonchev–Trinajstić information content (AvgIpc) is 0.762. The summed E-state index contributed by atoms with van der Waals surface area (Å²) in [4.78, 5) is 63.1. The van der Waals surface area contributed by atoms with Crippen molar-refractivity contribution in [2.45, 2.75) is 254 Å². The average molecular weight is 1410 g/mol. The molecular weight excluding hydrogens is 1320 g/mol. The fourth-order valence-electron chi connectivity index (χ4n) is 12.2. The number of hydrogen-bond donors (Lipinski definition) is 25. The van der Waals surface area contributed by atoms with Gasteiger partial charge in [-0.3, -0.25) is 19.2 Å². The Morgan fingerprint density at radius 2 is 0.823 bits per heavy atom. The minimum atomic E-state index is -3.22. The summed E-state index contributed by atoms with van der Waals surface area (Å²) >= 11 is 0. The maximum absolute atomic E-state index is 13.1. The number of ether oxygens (including phenoxy) is 13. The molecule has 7 aliphatic heterocycles. The highest BCUT2D eigenvalue weighted by Gasteiger charge is 2.62. The number of aliphatic carboxylic acids is 1. The van der Waals surface area contributed by atoms with Crippen LogP contribution in [-0.4, -0.2) is 403 Å². The molecule has 0 aromatic heterocycles. The Kier molecular flexibility index (Phi) is 28.2. The maximum atomic E-state index is 13.1. The van der Waals surface area contributed by atoms with Crippen molar-refractivity contribution in [3.8, 4) is 0 Å². The van der Waals surface area contributed by atoms with E-state index in [0.29, 0.717) is 0 Å². The van der Waals surface area contributed by atoms with Gasteiger partial charge in [0.2, 0.25) is 23.6 Å². The van der Waals surface area contributed by atoms with Crippen molar-refractivity contribution in [3.63, 3.8) is 0 Å². The predicted octanol–water partition coefficient (Wildman–Crippen LogP) is -16.5. The molecule has 0 spiro atoms. The fraction of sp³-hybridized carbons (Fsp3) is 0.906. The lowest BCUT2D eigenvalue weighted by molar-refractivity contribution is -0.384. The molecule has 7 saturated heterocycles. The van der Waals surface area contributed by atoms with Crippen LogP contribution in [0, 0.1) is 0 Å². The molecule has 0 aliphatic carbocycles. The number of carbonyl (C=O) groups excluding carboxylic acids is 4. The van der Waals surface area contributed by atoms with Gasteiger partial charge in [-0.2, -0.15) is 0 Å². The molecule has 25 N–H and O–H groups in total. The zero-order chi connectivity index (χ0) is 71.3. The molecule has 0 unspecified atom stereocenters. The van der Waals surface area contributed by atoms with Gasteiger partial charge in [-0.25, -0.2) is 4.79 Å². The van der Waals surface area contributed by atoms with E-state index in [1.165, 1.54) is 0 Å². The van der Waals surface area contributed by atoms with Gasteiger partial charge in [0, 0.05) is 34.1 Å². The lowest BCUT2D eigenvalue weighted by atomic mass is 9.88. The zero-order valence-electron chi connectivity index (χ0n) is 51.6. The fourth-order valence-corrected chi connectivity index (χ4v) is 12.2. The molecule has 7 heterocycles. The number of carbonyl (C=O) groups is 5. The molecule has 0 aromatic rings. The van der Waals surface area contributed by atoms with Gasteiger partial charge >= 0.3 is 5.97 Å². The van der Waals surface area contributed by atoms with Crippen LogP contribution in [0.5, 0.6) is 0 Å². The van der Waals surface area contributed by atoms with E-state index in [0.717, 1.165) is 27.7 Å². The summed E-state index contributed by atoms with van der Waals surface area (Å²) in [6, 6.07) is -7.11. The number of carboxylic acid groups (broad SMARTS) is 1. The Morgan fingerprint density at radius 1 is 0.427 bits per heavy atom. The molecular formula is C53H88N4O39. The summed E-state index contributed by atoms with van der Waals surface area (Å²) in [5, 5.41) is 238. The summed E-state index contributed by atoms with van der Waals surface area (Å²) in [5.41, 5.74) is 0. The summed E-state index contributed by atoms with van der Waals surface area (Å²) in [6.45, 7) is -3.51. The van der Waals surface area contributed by atoms with Crippen molar-refractivity contribution in [1.29, 1.82) is 0 Å². The van der Waals surface area contributed by atoms with E-state index < -0.39 is 303 Å². The minimum Gasteiger partial charge on any atom is -0.477 e. The van der Waals surface area contributed by atoms with E-state index in [9.17, 15) is 131 Å². The SMILES string of the molecule is CC(=O)N[C@@H]1[C@@H](O[C@@H]2O[C@H](CO)[C@H](O)[C@H](O[C@@H]3O[C@H](CO)[C@@H](O[C@@H]4O[C@H](CO)[C@H](O)[C@H](O)[C@H]4O)[C@H](O)[C@H]3NC(C)=O)[C@H]2O)[C@@H](O)[C@@H](CO[C@@H]2O[C@H](CO)[C@@H](O[C@@H]3O[C@H](CO)[C@H](O)[C@H](O[C@]4(C(=O)O)C[C@H](O)[C@@H](NC(C)=O)[C@H]([C@H](O)[C@H](O)CO)O4)[C@H]3O)[C@H](O)[C@H]2NC(C)=O)O[C@@H]1O. The molecule has 43 nitrogen and oxygen atoms in total. The van der Waals surface area contributed by atoms with Gasteiger partial charge in [-0.1, -0.05) is 0 Å². The van der Waals surface area contributed by atoms with Crippen molar-refractivity contribution >= 4 is 29.6 Å². The van der Waals surface area contributed by atoms with Crippen LogP contribution >= 0.6 is 0 Å². The number of aliphatic hydroxyl groups excluding tert-OH is 20. The number of rotatable bonds is 26. The van der Waals surface area contributed by atoms with Crippen LogP contribution in [0.15, 0.2) is 0 Å². The van der Waals surface area contributed by atoms with Crippen molar-refractivity contribution in [1.82, 2.24) is 21.3 Å². The van der Waals surface area contributed by atoms with Gasteiger partial charge in [0.15, 0.2) is 37.7 Å². The quantitative estimate of drug-likeness (QED) is 0.0382. The second kappa shape index (κ2) is 34.1. The third-order valence-electron chi connectivity index (χ3n) is 17.1. The second-order valence-corrected chi connectivity index (χ2v) is 24.0. The monoisotopic (exact) mass is 1400 g/mol. The third kappa shape index (κ3) is 17.5. The highest BCUT2D eigenvalue weighted by molar-refractivity contribution is 5.77. The van der Waals surface area contributed by atoms with Crippen LogP contribution in [0.4, 0.5) is 0 Å². The number of aliphatic hydroxyl groups is 20. The predicted molar refractivity (Wildman–Crippen MR) is 295 cm³/mol. The Balaban J connectivity index is 1.08. The Morgan fingerprint density at radius 3 is 1.30 bits per heavy atom. The molecule has 36 atom stereocenters. The molecule has 554 valence electrons. The van der Waals surface area contributed by atoms with E-state index in [4.69, 9.17) is 61.6 Å². The van der Waals surface area contributed by atoms with E-state index in [-0.39, 0.29) is 0 Å². The van der Waals surface area contributed by atoms with E-state index in [1.54, 1.807) is 0 Å². The summed E-state index contributed by atoms with van der Waals surface area (Å²) in [7, 11) is 0. The summed E-state index contributed by atoms with van der Waals surface area (Å²) in [5.74, 6) is -8.80. The van der Waals surface area contributed by atoms with Crippen LogP contribution in [0.25, 0.3) is 0 Å². The highest BCUT2D eigenvalue weighted by Crippen LogP contribution is 2.40. The zero-order valence-corrected chi connectivity index (χ0v) is 51.6. The van der Waals surface area contributed by atoms with Gasteiger partial charge in [-0.15, -0.1) is 0 Å². The molecule has 43 heteroatoms. The number of nitrogens with one attached hydrogen (secondary N) is 4. The van der Waals surface area contributed by atoms with E-state index in [1.807, 2.05) is 0 Å². The Labute approximate surface area is 543 Å². The number of hydrogen-bond acceptors (Lipinski definition) is 38. The first kappa shape index (κ1) is 79.4. The third-order valence-corrected chi connectivity index (χ3v) is 17.1. The van der Waals surface area contributed by atoms with Crippen molar-refractivity contribution in [2.75, 3.05) is 46.2 Å². The first-order valence-electron chi connectivity index (χ1n) is 30.2. The maximum Gasteiger partial charge on any atom is 0.364 e. The lowest BCUT2D eigenvalue weighted by Crippen LogP contribution is -2.71. The van der Waals surface area contributed by atoms with Crippen LogP contribution in [-0.2, 0) is 85.6 Å². The molecule has 96 heavy (non-hydrogen) atoms. The largest absolute Gasteiger partial charge is 0.477 e. The summed E-state index contributed by atoms with van der Waals surface area (Å²) < 4.78 is 74.9. The minimum absolute atomic E-state index is 0.838. The first-order valence-corrected chi connectivity index (χ1v) is 30.2. The highest BCUT2D eigenvalue weighted by atomic mass is 16.8. The van der Waals surface area contributed by atoms with Crippen molar-refractivity contribution < 1.29 is 193 Å². The van der Waals surface area contributed by atoms with E-state index >= 15 is 0 Å². The lowest BCUT2D eigenvalue weighted by Gasteiger charge is -2.51. The van der Waals surface area contributed by atoms with Gasteiger partial charge in [0.25, 0.3) is 5.79 Å². The first-order chi connectivity index (χ1) is 45.2. The molecule has 0 bridgehead atoms. The normalized spacial score (nSPS) is 46.0. The van der Waals surface area contributed by atoms with Crippen LogP contribution in [0.1, 0.15) is 34.1 Å². The van der Waals surface area contributed by atoms with Crippen LogP contribution in [0.3, 0.4) is 0 Å². The van der Waals surface area contributed by atoms with Gasteiger partial charge in [0.1, 0.15) is 165 Å². The summed E-state index contributed by atoms with van der Waals surface area (Å²) in [6.07, 6.45) is -64.1. The van der Waals surface area contributed by atoms with Crippen LogP contribution < -0.4 is 21.3 Å². The van der Waals surface area contributed by atoms with Gasteiger partial charge in [-0.05, 0) is 0 Å². The molecule has 4 amide bonds.